The Kier molecular flexibility index (Phi) is 5.12. The van der Waals surface area contributed by atoms with Crippen molar-refractivity contribution >= 4 is 17.6 Å². The number of carbonyl (C=O) groups is 2. The van der Waals surface area contributed by atoms with Gasteiger partial charge >= 0.3 is 0 Å². The molecule has 1 unspecified atom stereocenters. The summed E-state index contributed by atoms with van der Waals surface area (Å²) in [4.78, 5) is 34.3. The van der Waals surface area contributed by atoms with Gasteiger partial charge in [0.2, 0.25) is 0 Å². The van der Waals surface area contributed by atoms with E-state index in [-0.39, 0.29) is 17.9 Å². The van der Waals surface area contributed by atoms with E-state index in [2.05, 4.69) is 15.2 Å². The topological polar surface area (TPSA) is 65.5 Å². The molecule has 0 saturated carbocycles. The highest BCUT2D eigenvalue weighted by molar-refractivity contribution is 5.95. The summed E-state index contributed by atoms with van der Waals surface area (Å²) in [5.41, 5.74) is 3.44. The fraction of sp³-hybridized carbons (Fsp3) is 0.240. The van der Waals surface area contributed by atoms with Crippen LogP contribution in [0.25, 0.3) is 0 Å². The van der Waals surface area contributed by atoms with E-state index in [1.165, 1.54) is 0 Å². The number of carbonyl (C=O) groups excluding carboxylic acids is 2. The van der Waals surface area contributed by atoms with E-state index in [1.807, 2.05) is 71.6 Å². The average molecular weight is 412 g/mol. The molecule has 2 amide bonds. The first kappa shape index (κ1) is 19.3. The summed E-state index contributed by atoms with van der Waals surface area (Å²) in [6.07, 6.45) is 2.45. The molecule has 156 valence electrons. The zero-order chi connectivity index (χ0) is 21.2. The van der Waals surface area contributed by atoms with E-state index in [0.29, 0.717) is 25.2 Å². The standard InChI is InChI=1S/C25H24N4O2/c30-24(27-15-18-7-3-1-4-8-18)21-13-20-14-22-17-28(11-12-29(22)23(20)26-16-21)25(31)19-9-5-2-6-10-19/h1-10,13,16,22H,11-12,14-15,17H2,(H,27,30). The van der Waals surface area contributed by atoms with Crippen LogP contribution in [0.15, 0.2) is 72.9 Å². The highest BCUT2D eigenvalue weighted by atomic mass is 16.2. The predicted molar refractivity (Wildman–Crippen MR) is 119 cm³/mol. The Hall–Kier alpha value is -3.67. The summed E-state index contributed by atoms with van der Waals surface area (Å²) in [7, 11) is 0. The number of aromatic nitrogens is 1. The molecule has 0 aliphatic carbocycles. The van der Waals surface area contributed by atoms with Crippen LogP contribution in [0.5, 0.6) is 0 Å². The number of nitrogens with zero attached hydrogens (tertiary/aromatic N) is 3. The number of piperazine rings is 1. The van der Waals surface area contributed by atoms with Gasteiger partial charge in [-0.1, -0.05) is 48.5 Å². The highest BCUT2D eigenvalue weighted by Crippen LogP contribution is 2.33. The minimum absolute atomic E-state index is 0.0742. The zero-order valence-corrected chi connectivity index (χ0v) is 17.2. The first-order chi connectivity index (χ1) is 15.2. The Morgan fingerprint density at radius 3 is 2.48 bits per heavy atom. The van der Waals surface area contributed by atoms with Gasteiger partial charge in [-0.3, -0.25) is 9.59 Å². The van der Waals surface area contributed by atoms with Crippen LogP contribution in [-0.2, 0) is 13.0 Å². The fourth-order valence-electron chi connectivity index (χ4n) is 4.43. The third kappa shape index (κ3) is 3.89. The molecule has 3 aromatic rings. The molecule has 1 saturated heterocycles. The SMILES string of the molecule is O=C(NCc1ccccc1)c1cnc2c(c1)CC1CN(C(=O)c3ccccc3)CCN21. The fourth-order valence-corrected chi connectivity index (χ4v) is 4.43. The molecular weight excluding hydrogens is 388 g/mol. The van der Waals surface area contributed by atoms with Crippen molar-refractivity contribution in [2.45, 2.75) is 19.0 Å². The van der Waals surface area contributed by atoms with Gasteiger partial charge in [0.15, 0.2) is 0 Å². The Balaban J connectivity index is 1.25. The summed E-state index contributed by atoms with van der Waals surface area (Å²) >= 11 is 0. The molecule has 1 atom stereocenters. The first-order valence-electron chi connectivity index (χ1n) is 10.6. The van der Waals surface area contributed by atoms with Gasteiger partial charge in [-0.2, -0.15) is 0 Å². The van der Waals surface area contributed by atoms with Crippen molar-refractivity contribution in [3.05, 3.63) is 95.2 Å². The molecule has 6 heteroatoms. The molecule has 2 aromatic carbocycles. The number of anilines is 1. The summed E-state index contributed by atoms with van der Waals surface area (Å²) in [6, 6.07) is 21.4. The number of nitrogens with one attached hydrogen (secondary N) is 1. The molecule has 1 fully saturated rings. The smallest absolute Gasteiger partial charge is 0.253 e. The van der Waals surface area contributed by atoms with Crippen LogP contribution in [-0.4, -0.2) is 47.4 Å². The van der Waals surface area contributed by atoms with Crippen LogP contribution >= 0.6 is 0 Å². The molecule has 1 N–H and O–H groups in total. The lowest BCUT2D eigenvalue weighted by atomic mass is 10.1. The quantitative estimate of drug-likeness (QED) is 0.716. The van der Waals surface area contributed by atoms with Gasteiger partial charge in [0, 0.05) is 37.9 Å². The molecule has 2 aliphatic rings. The maximum Gasteiger partial charge on any atom is 0.253 e. The van der Waals surface area contributed by atoms with Crippen LogP contribution in [0.2, 0.25) is 0 Å². The summed E-state index contributed by atoms with van der Waals surface area (Å²) in [6.45, 7) is 2.58. The molecule has 2 aliphatic heterocycles. The van der Waals surface area contributed by atoms with E-state index < -0.39 is 0 Å². The maximum absolute atomic E-state index is 12.8. The van der Waals surface area contributed by atoms with Crippen molar-refractivity contribution in [1.29, 1.82) is 0 Å². The third-order valence-corrected chi connectivity index (χ3v) is 6.02. The van der Waals surface area contributed by atoms with E-state index in [4.69, 9.17) is 0 Å². The minimum Gasteiger partial charge on any atom is -0.350 e. The van der Waals surface area contributed by atoms with Gasteiger partial charge < -0.3 is 15.1 Å². The lowest BCUT2D eigenvalue weighted by molar-refractivity contribution is 0.0724. The van der Waals surface area contributed by atoms with Gasteiger partial charge in [-0.05, 0) is 35.7 Å². The van der Waals surface area contributed by atoms with Gasteiger partial charge in [-0.15, -0.1) is 0 Å². The van der Waals surface area contributed by atoms with Crippen molar-refractivity contribution in [2.75, 3.05) is 24.5 Å². The van der Waals surface area contributed by atoms with Crippen molar-refractivity contribution in [2.24, 2.45) is 0 Å². The van der Waals surface area contributed by atoms with Crippen LogP contribution in [0.3, 0.4) is 0 Å². The van der Waals surface area contributed by atoms with Crippen molar-refractivity contribution in [1.82, 2.24) is 15.2 Å². The number of pyridine rings is 1. The zero-order valence-electron chi connectivity index (χ0n) is 17.2. The molecule has 31 heavy (non-hydrogen) atoms. The van der Waals surface area contributed by atoms with Crippen molar-refractivity contribution in [3.63, 3.8) is 0 Å². The van der Waals surface area contributed by atoms with Gasteiger partial charge in [-0.25, -0.2) is 4.98 Å². The number of amides is 2. The number of rotatable bonds is 4. The van der Waals surface area contributed by atoms with E-state index in [1.54, 1.807) is 6.20 Å². The molecule has 3 heterocycles. The summed E-state index contributed by atoms with van der Waals surface area (Å²) in [5.74, 6) is 0.895. The number of fused-ring (bicyclic) bond motifs is 3. The summed E-state index contributed by atoms with van der Waals surface area (Å²) in [5, 5.41) is 2.96. The largest absolute Gasteiger partial charge is 0.350 e. The molecule has 0 bridgehead atoms. The van der Waals surface area contributed by atoms with Crippen LogP contribution < -0.4 is 10.2 Å². The van der Waals surface area contributed by atoms with Crippen molar-refractivity contribution < 1.29 is 9.59 Å². The Morgan fingerprint density at radius 1 is 0.968 bits per heavy atom. The molecule has 0 spiro atoms. The average Bonchev–Trinajstić information content (AvgIpc) is 3.20. The number of hydrogen-bond acceptors (Lipinski definition) is 4. The minimum atomic E-state index is -0.120. The monoisotopic (exact) mass is 412 g/mol. The second-order valence-corrected chi connectivity index (χ2v) is 8.04. The van der Waals surface area contributed by atoms with E-state index in [0.717, 1.165) is 35.5 Å². The lowest BCUT2D eigenvalue weighted by Crippen LogP contribution is -2.53. The number of benzene rings is 2. The first-order valence-corrected chi connectivity index (χ1v) is 10.6. The molecular formula is C25H24N4O2. The maximum atomic E-state index is 12.8. The van der Waals surface area contributed by atoms with Crippen LogP contribution in [0.4, 0.5) is 5.82 Å². The number of hydrogen-bond donors (Lipinski definition) is 1. The van der Waals surface area contributed by atoms with Gasteiger partial charge in [0.1, 0.15) is 5.82 Å². The molecule has 5 rings (SSSR count). The van der Waals surface area contributed by atoms with Crippen molar-refractivity contribution in [3.8, 4) is 0 Å². The highest BCUT2D eigenvalue weighted by Gasteiger charge is 2.37. The van der Waals surface area contributed by atoms with Crippen LogP contribution in [0, 0.1) is 0 Å². The van der Waals surface area contributed by atoms with Gasteiger partial charge in [0.25, 0.3) is 11.8 Å². The Labute approximate surface area is 181 Å². The normalized spacial score (nSPS) is 17.1. The Morgan fingerprint density at radius 2 is 1.71 bits per heavy atom. The summed E-state index contributed by atoms with van der Waals surface area (Å²) < 4.78 is 0. The molecule has 6 nitrogen and oxygen atoms in total. The van der Waals surface area contributed by atoms with Gasteiger partial charge in [0.05, 0.1) is 11.6 Å². The van der Waals surface area contributed by atoms with Crippen LogP contribution in [0.1, 0.15) is 31.8 Å². The predicted octanol–water partition coefficient (Wildman–Crippen LogP) is 2.90. The van der Waals surface area contributed by atoms with E-state index in [9.17, 15) is 9.59 Å². The Bertz CT molecular complexity index is 1100. The second kappa shape index (κ2) is 8.22. The van der Waals surface area contributed by atoms with E-state index >= 15 is 0 Å². The molecule has 1 aromatic heterocycles. The lowest BCUT2D eigenvalue weighted by Gasteiger charge is -2.38. The molecule has 0 radical (unpaired) electrons. The third-order valence-electron chi connectivity index (χ3n) is 6.02. The second-order valence-electron chi connectivity index (χ2n) is 8.04.